The summed E-state index contributed by atoms with van der Waals surface area (Å²) in [6.45, 7) is 6.02. The molecule has 3 rings (SSSR count). The van der Waals surface area contributed by atoms with Gasteiger partial charge in [-0.25, -0.2) is 4.98 Å². The van der Waals surface area contributed by atoms with Crippen LogP contribution in [0.5, 0.6) is 0 Å². The van der Waals surface area contributed by atoms with Crippen LogP contribution in [0.25, 0.3) is 0 Å². The third-order valence-electron chi connectivity index (χ3n) is 5.16. The monoisotopic (exact) mass is 383 g/mol. The number of anilines is 1. The molecule has 0 aliphatic carbocycles. The fraction of sp³-hybridized carbons (Fsp3) is 0.500. The summed E-state index contributed by atoms with van der Waals surface area (Å²) >= 11 is 0. The van der Waals surface area contributed by atoms with Crippen LogP contribution in [-0.2, 0) is 11.3 Å². The van der Waals surface area contributed by atoms with Crippen LogP contribution in [0.2, 0.25) is 0 Å². The van der Waals surface area contributed by atoms with E-state index in [1.54, 1.807) is 23.6 Å². The highest BCUT2D eigenvalue weighted by Gasteiger charge is 2.29. The molecule has 0 bridgehead atoms. The first-order chi connectivity index (χ1) is 13.4. The minimum Gasteiger partial charge on any atom is -0.472 e. The Morgan fingerprint density at radius 1 is 1.32 bits per heavy atom. The first-order valence-corrected chi connectivity index (χ1v) is 9.94. The van der Waals surface area contributed by atoms with Gasteiger partial charge in [-0.05, 0) is 37.0 Å². The van der Waals surface area contributed by atoms with Crippen LogP contribution < -0.4 is 4.90 Å². The number of carbonyl (C=O) groups excluding carboxylic acids is 2. The van der Waals surface area contributed by atoms with Gasteiger partial charge in [0.15, 0.2) is 0 Å². The summed E-state index contributed by atoms with van der Waals surface area (Å²) in [5.74, 6) is 1.35. The summed E-state index contributed by atoms with van der Waals surface area (Å²) in [5, 5.41) is 0. The van der Waals surface area contributed by atoms with Gasteiger partial charge in [0.1, 0.15) is 11.6 Å². The van der Waals surface area contributed by atoms with E-state index in [2.05, 4.69) is 18.8 Å². The summed E-state index contributed by atoms with van der Waals surface area (Å²) in [6.07, 6.45) is 7.33. The number of likely N-dealkylation sites (tertiary alicyclic amines) is 1. The van der Waals surface area contributed by atoms with Gasteiger partial charge in [-0.3, -0.25) is 9.59 Å². The summed E-state index contributed by atoms with van der Waals surface area (Å²) in [4.78, 5) is 33.5. The van der Waals surface area contributed by atoms with E-state index in [0.29, 0.717) is 37.5 Å². The van der Waals surface area contributed by atoms with Crippen LogP contribution in [-0.4, -0.2) is 41.7 Å². The molecule has 1 fully saturated rings. The normalized spacial score (nSPS) is 17.0. The van der Waals surface area contributed by atoms with Crippen LogP contribution in [0.1, 0.15) is 49.0 Å². The van der Waals surface area contributed by atoms with Gasteiger partial charge in [0.25, 0.3) is 5.91 Å². The molecule has 6 heteroatoms. The number of piperidine rings is 1. The lowest BCUT2D eigenvalue weighted by Crippen LogP contribution is -2.42. The minimum absolute atomic E-state index is 0.0339. The summed E-state index contributed by atoms with van der Waals surface area (Å²) < 4.78 is 5.09. The van der Waals surface area contributed by atoms with Gasteiger partial charge >= 0.3 is 0 Å². The number of rotatable bonds is 7. The number of hydrogen-bond acceptors (Lipinski definition) is 5. The van der Waals surface area contributed by atoms with Gasteiger partial charge in [0.05, 0.1) is 18.1 Å². The Morgan fingerprint density at radius 3 is 2.79 bits per heavy atom. The summed E-state index contributed by atoms with van der Waals surface area (Å²) in [7, 11) is 1.95. The number of ketones is 1. The fourth-order valence-electron chi connectivity index (χ4n) is 3.65. The van der Waals surface area contributed by atoms with Crippen molar-refractivity contribution in [3.8, 4) is 0 Å². The second kappa shape index (κ2) is 9.04. The molecular weight excluding hydrogens is 354 g/mol. The lowest BCUT2D eigenvalue weighted by atomic mass is 9.89. The molecule has 2 aromatic rings. The topological polar surface area (TPSA) is 66.7 Å². The third kappa shape index (κ3) is 5.00. The van der Waals surface area contributed by atoms with E-state index in [9.17, 15) is 9.59 Å². The molecular formula is C22H29N3O3. The molecule has 0 N–H and O–H groups in total. The van der Waals surface area contributed by atoms with E-state index in [4.69, 9.17) is 4.42 Å². The second-order valence-corrected chi connectivity index (χ2v) is 8.05. The number of nitrogens with zero attached hydrogens (tertiary/aromatic N) is 3. The molecule has 2 aromatic heterocycles. The maximum atomic E-state index is 12.9. The minimum atomic E-state index is -0.0430. The lowest BCUT2D eigenvalue weighted by molar-refractivity contribution is -0.124. The van der Waals surface area contributed by atoms with Crippen molar-refractivity contribution < 1.29 is 14.0 Å². The SMILES string of the molecule is CC(C)CC(=O)[C@@H]1CCCN(C(=O)c2ccc(N(C)Cc3ccoc3)nc2)C1. The quantitative estimate of drug-likeness (QED) is 0.728. The molecule has 0 spiro atoms. The highest BCUT2D eigenvalue weighted by atomic mass is 16.3. The Bertz CT molecular complexity index is 784. The third-order valence-corrected chi connectivity index (χ3v) is 5.16. The first-order valence-electron chi connectivity index (χ1n) is 9.94. The zero-order valence-electron chi connectivity index (χ0n) is 16.9. The molecule has 0 saturated carbocycles. The largest absolute Gasteiger partial charge is 0.472 e. The molecule has 1 aliphatic heterocycles. The van der Waals surface area contributed by atoms with E-state index in [-0.39, 0.29) is 17.6 Å². The molecule has 0 radical (unpaired) electrons. The maximum absolute atomic E-state index is 12.9. The van der Waals surface area contributed by atoms with E-state index >= 15 is 0 Å². The molecule has 1 amide bonds. The van der Waals surface area contributed by atoms with Crippen molar-refractivity contribution in [3.63, 3.8) is 0 Å². The van der Waals surface area contributed by atoms with Crippen molar-refractivity contribution in [1.82, 2.24) is 9.88 Å². The van der Waals surface area contributed by atoms with Gasteiger partial charge in [0, 0.05) is 50.8 Å². The fourth-order valence-corrected chi connectivity index (χ4v) is 3.65. The predicted octanol–water partition coefficient (Wildman–Crippen LogP) is 3.78. The Balaban J connectivity index is 1.61. The van der Waals surface area contributed by atoms with Crippen molar-refractivity contribution >= 4 is 17.5 Å². The van der Waals surface area contributed by atoms with Crippen molar-refractivity contribution in [1.29, 1.82) is 0 Å². The number of aromatic nitrogens is 1. The first kappa shape index (κ1) is 20.1. The van der Waals surface area contributed by atoms with Crippen molar-refractivity contribution in [2.75, 3.05) is 25.0 Å². The number of carbonyl (C=O) groups is 2. The van der Waals surface area contributed by atoms with E-state index in [1.165, 1.54) is 0 Å². The van der Waals surface area contributed by atoms with Gasteiger partial charge in [-0.2, -0.15) is 0 Å². The summed E-state index contributed by atoms with van der Waals surface area (Å²) in [5.41, 5.74) is 1.63. The van der Waals surface area contributed by atoms with Crippen molar-refractivity contribution in [3.05, 3.63) is 48.0 Å². The average Bonchev–Trinajstić information content (AvgIpc) is 3.20. The van der Waals surface area contributed by atoms with Gasteiger partial charge in [0.2, 0.25) is 0 Å². The zero-order chi connectivity index (χ0) is 20.1. The highest BCUT2D eigenvalue weighted by Crippen LogP contribution is 2.22. The highest BCUT2D eigenvalue weighted by molar-refractivity contribution is 5.94. The van der Waals surface area contributed by atoms with E-state index in [0.717, 1.165) is 24.2 Å². The predicted molar refractivity (Wildman–Crippen MR) is 108 cm³/mol. The van der Waals surface area contributed by atoms with Crippen LogP contribution >= 0.6 is 0 Å². The molecule has 0 aromatic carbocycles. The number of furan rings is 1. The number of amides is 1. The molecule has 1 aliphatic rings. The van der Waals surface area contributed by atoms with Gasteiger partial charge < -0.3 is 14.2 Å². The smallest absolute Gasteiger partial charge is 0.255 e. The van der Waals surface area contributed by atoms with Gasteiger partial charge in [-0.1, -0.05) is 13.8 Å². The maximum Gasteiger partial charge on any atom is 0.255 e. The average molecular weight is 383 g/mol. The van der Waals surface area contributed by atoms with Crippen LogP contribution in [0.3, 0.4) is 0 Å². The Hall–Kier alpha value is -2.63. The molecule has 0 unspecified atom stereocenters. The standard InChI is InChI=1S/C22H29N3O3/c1-16(2)11-20(26)19-5-4-9-25(14-19)22(27)18-6-7-21(23-12-18)24(3)13-17-8-10-28-15-17/h6-8,10,12,15-16,19H,4-5,9,11,13-14H2,1-3H3/t19-/m1/s1. The molecule has 6 nitrogen and oxygen atoms in total. The Labute approximate surface area is 166 Å². The zero-order valence-corrected chi connectivity index (χ0v) is 16.9. The van der Waals surface area contributed by atoms with Crippen LogP contribution in [0.4, 0.5) is 5.82 Å². The molecule has 150 valence electrons. The van der Waals surface area contributed by atoms with Gasteiger partial charge in [-0.15, -0.1) is 0 Å². The molecule has 28 heavy (non-hydrogen) atoms. The number of Topliss-reactive ketones (excluding diaryl/α,β-unsaturated/α-hetero) is 1. The molecule has 1 saturated heterocycles. The van der Waals surface area contributed by atoms with Crippen LogP contribution in [0.15, 0.2) is 41.3 Å². The Morgan fingerprint density at radius 2 is 2.14 bits per heavy atom. The molecule has 1 atom stereocenters. The lowest BCUT2D eigenvalue weighted by Gasteiger charge is -2.32. The van der Waals surface area contributed by atoms with Crippen LogP contribution in [0, 0.1) is 11.8 Å². The second-order valence-electron chi connectivity index (χ2n) is 8.05. The van der Waals surface area contributed by atoms with E-state index < -0.39 is 0 Å². The van der Waals surface area contributed by atoms with Crippen molar-refractivity contribution in [2.24, 2.45) is 11.8 Å². The number of pyridine rings is 1. The van der Waals surface area contributed by atoms with E-state index in [1.807, 2.05) is 30.1 Å². The Kier molecular flexibility index (Phi) is 6.49. The number of hydrogen-bond donors (Lipinski definition) is 0. The molecule has 3 heterocycles. The van der Waals surface area contributed by atoms with Crippen molar-refractivity contribution in [2.45, 2.75) is 39.7 Å². The summed E-state index contributed by atoms with van der Waals surface area (Å²) in [6, 6.07) is 5.59.